The molecule has 1 aliphatic rings. The Hall–Kier alpha value is -2.28. The molecule has 0 heterocycles. The minimum absolute atomic E-state index is 0.0991. The summed E-state index contributed by atoms with van der Waals surface area (Å²) in [6, 6.07) is 6.43. The van der Waals surface area contributed by atoms with E-state index in [1.807, 2.05) is 0 Å². The van der Waals surface area contributed by atoms with Crippen LogP contribution in [0.5, 0.6) is 5.75 Å². The number of anilines is 1. The second kappa shape index (κ2) is 6.94. The molecule has 7 heteroatoms. The van der Waals surface area contributed by atoms with E-state index >= 15 is 0 Å². The van der Waals surface area contributed by atoms with Gasteiger partial charge in [0.1, 0.15) is 5.75 Å². The van der Waals surface area contributed by atoms with Crippen LogP contribution in [0.1, 0.15) is 12.8 Å². The number of carboxylic acids is 1. The molecule has 0 bridgehead atoms. The lowest BCUT2D eigenvalue weighted by Gasteiger charge is -2.34. The van der Waals surface area contributed by atoms with Gasteiger partial charge in [0.15, 0.2) is 6.61 Å². The first-order valence-electron chi connectivity index (χ1n) is 6.62. The maximum atomic E-state index is 11.9. The van der Waals surface area contributed by atoms with Crippen LogP contribution >= 0.6 is 0 Å². The fourth-order valence-electron chi connectivity index (χ4n) is 2.05. The number of aliphatic carboxylic acids is 1. The van der Waals surface area contributed by atoms with Gasteiger partial charge in [-0.2, -0.15) is 0 Å². The topological polar surface area (TPSA) is 96.9 Å². The van der Waals surface area contributed by atoms with Crippen LogP contribution in [0.4, 0.5) is 10.5 Å². The molecule has 0 aromatic heterocycles. The number of ether oxygens (including phenoxy) is 2. The number of carbonyl (C=O) groups is 2. The summed E-state index contributed by atoms with van der Waals surface area (Å²) in [4.78, 5) is 22.4. The molecule has 1 aliphatic carbocycles. The van der Waals surface area contributed by atoms with E-state index in [1.54, 1.807) is 31.4 Å². The van der Waals surface area contributed by atoms with Crippen molar-refractivity contribution in [2.45, 2.75) is 25.0 Å². The average molecular weight is 294 g/mol. The maximum absolute atomic E-state index is 11.9. The summed E-state index contributed by atoms with van der Waals surface area (Å²) in [7, 11) is 1.65. The minimum Gasteiger partial charge on any atom is -0.480 e. The summed E-state index contributed by atoms with van der Waals surface area (Å²) in [6.07, 6.45) is 1.80. The van der Waals surface area contributed by atoms with Crippen molar-refractivity contribution >= 4 is 17.7 Å². The Labute approximate surface area is 122 Å². The number of rotatable bonds is 6. The lowest BCUT2D eigenvalue weighted by molar-refractivity contribution is -0.139. The molecule has 2 amide bonds. The molecule has 1 aromatic carbocycles. The van der Waals surface area contributed by atoms with Crippen molar-refractivity contribution in [1.29, 1.82) is 0 Å². The SMILES string of the molecule is COC1CC(NC(=O)Nc2ccccc2OCC(=O)O)C1. The fraction of sp³-hybridized carbons (Fsp3) is 0.429. The molecule has 21 heavy (non-hydrogen) atoms. The van der Waals surface area contributed by atoms with Gasteiger partial charge in [-0.15, -0.1) is 0 Å². The smallest absolute Gasteiger partial charge is 0.341 e. The van der Waals surface area contributed by atoms with Crippen LogP contribution in [0.2, 0.25) is 0 Å². The van der Waals surface area contributed by atoms with Crippen molar-refractivity contribution in [3.63, 3.8) is 0 Å². The monoisotopic (exact) mass is 294 g/mol. The van der Waals surface area contributed by atoms with Gasteiger partial charge >= 0.3 is 12.0 Å². The van der Waals surface area contributed by atoms with Crippen LogP contribution < -0.4 is 15.4 Å². The van der Waals surface area contributed by atoms with Crippen molar-refractivity contribution < 1.29 is 24.2 Å². The molecule has 3 N–H and O–H groups in total. The highest BCUT2D eigenvalue weighted by Gasteiger charge is 2.30. The highest BCUT2D eigenvalue weighted by molar-refractivity contribution is 5.91. The van der Waals surface area contributed by atoms with Gasteiger partial charge in [0.05, 0.1) is 11.8 Å². The van der Waals surface area contributed by atoms with Crippen LogP contribution in [0.15, 0.2) is 24.3 Å². The van der Waals surface area contributed by atoms with Gasteiger partial charge in [-0.3, -0.25) is 0 Å². The van der Waals surface area contributed by atoms with Crippen molar-refractivity contribution in [2.75, 3.05) is 19.0 Å². The highest BCUT2D eigenvalue weighted by atomic mass is 16.5. The van der Waals surface area contributed by atoms with Crippen LogP contribution in [0.25, 0.3) is 0 Å². The van der Waals surface area contributed by atoms with Crippen molar-refractivity contribution in [2.24, 2.45) is 0 Å². The molecule has 0 aliphatic heterocycles. The molecule has 1 aromatic rings. The average Bonchev–Trinajstić information content (AvgIpc) is 2.41. The first-order chi connectivity index (χ1) is 10.1. The van der Waals surface area contributed by atoms with Gasteiger partial charge in [-0.1, -0.05) is 12.1 Å². The normalized spacial score (nSPS) is 20.2. The number of urea groups is 1. The predicted molar refractivity (Wildman–Crippen MR) is 75.5 cm³/mol. The number of carbonyl (C=O) groups excluding carboxylic acids is 1. The van der Waals surface area contributed by atoms with Gasteiger partial charge < -0.3 is 25.2 Å². The summed E-state index contributed by atoms with van der Waals surface area (Å²) in [5, 5.41) is 14.1. The Morgan fingerprint density at radius 2 is 2.05 bits per heavy atom. The molecule has 0 saturated heterocycles. The van der Waals surface area contributed by atoms with Crippen LogP contribution in [0.3, 0.4) is 0 Å². The molecule has 0 unspecified atom stereocenters. The number of amides is 2. The van der Waals surface area contributed by atoms with E-state index in [0.717, 1.165) is 12.8 Å². The zero-order chi connectivity index (χ0) is 15.2. The highest BCUT2D eigenvalue weighted by Crippen LogP contribution is 2.25. The summed E-state index contributed by atoms with van der Waals surface area (Å²) >= 11 is 0. The van der Waals surface area contributed by atoms with Gasteiger partial charge in [0.25, 0.3) is 0 Å². The van der Waals surface area contributed by atoms with Crippen molar-refractivity contribution in [3.8, 4) is 5.75 Å². The Bertz CT molecular complexity index is 514. The van der Waals surface area contributed by atoms with Crippen LogP contribution in [-0.2, 0) is 9.53 Å². The number of carboxylic acid groups (broad SMARTS) is 1. The van der Waals surface area contributed by atoms with E-state index in [0.29, 0.717) is 11.4 Å². The zero-order valence-electron chi connectivity index (χ0n) is 11.7. The number of para-hydroxylation sites is 2. The van der Waals surface area contributed by atoms with E-state index in [9.17, 15) is 9.59 Å². The standard InChI is InChI=1S/C14H18N2O5/c1-20-10-6-9(7-10)15-14(19)16-11-4-2-3-5-12(11)21-8-13(17)18/h2-5,9-10H,6-8H2,1H3,(H,17,18)(H2,15,16,19). The minimum atomic E-state index is -1.07. The molecular formula is C14H18N2O5. The number of hydrogen-bond acceptors (Lipinski definition) is 4. The Morgan fingerprint density at radius 3 is 2.71 bits per heavy atom. The molecule has 1 fully saturated rings. The molecule has 1 saturated carbocycles. The number of nitrogens with one attached hydrogen (secondary N) is 2. The Balaban J connectivity index is 1.87. The third-order valence-electron chi connectivity index (χ3n) is 3.25. The molecule has 0 spiro atoms. The molecule has 0 atom stereocenters. The lowest BCUT2D eigenvalue weighted by atomic mass is 9.89. The molecule has 2 rings (SSSR count). The molecule has 7 nitrogen and oxygen atoms in total. The van der Waals surface area contributed by atoms with E-state index in [2.05, 4.69) is 10.6 Å². The van der Waals surface area contributed by atoms with E-state index < -0.39 is 12.6 Å². The Morgan fingerprint density at radius 1 is 1.33 bits per heavy atom. The third kappa shape index (κ3) is 4.35. The predicted octanol–water partition coefficient (Wildman–Crippen LogP) is 1.45. The summed E-state index contributed by atoms with van der Waals surface area (Å²) in [5.41, 5.74) is 0.430. The number of hydrogen-bond donors (Lipinski definition) is 3. The van der Waals surface area contributed by atoms with Gasteiger partial charge in [0.2, 0.25) is 0 Å². The first-order valence-corrected chi connectivity index (χ1v) is 6.62. The lowest BCUT2D eigenvalue weighted by Crippen LogP contribution is -2.48. The number of benzene rings is 1. The molecule has 114 valence electrons. The van der Waals surface area contributed by atoms with Gasteiger partial charge in [-0.05, 0) is 25.0 Å². The molecular weight excluding hydrogens is 276 g/mol. The van der Waals surface area contributed by atoms with E-state index in [4.69, 9.17) is 14.6 Å². The largest absolute Gasteiger partial charge is 0.480 e. The summed E-state index contributed by atoms with van der Waals surface area (Å²) < 4.78 is 10.3. The number of methoxy groups -OCH3 is 1. The second-order valence-corrected chi connectivity index (χ2v) is 4.80. The van der Waals surface area contributed by atoms with Gasteiger partial charge in [-0.25, -0.2) is 9.59 Å². The Kier molecular flexibility index (Phi) is 4.99. The second-order valence-electron chi connectivity index (χ2n) is 4.80. The molecule has 0 radical (unpaired) electrons. The third-order valence-corrected chi connectivity index (χ3v) is 3.25. The fourth-order valence-corrected chi connectivity index (χ4v) is 2.05. The van der Waals surface area contributed by atoms with Crippen LogP contribution in [-0.4, -0.2) is 43.0 Å². The quantitative estimate of drug-likeness (QED) is 0.738. The zero-order valence-corrected chi connectivity index (χ0v) is 11.7. The van der Waals surface area contributed by atoms with E-state index in [1.165, 1.54) is 0 Å². The van der Waals surface area contributed by atoms with E-state index in [-0.39, 0.29) is 18.2 Å². The summed E-state index contributed by atoms with van der Waals surface area (Å²) in [6.45, 7) is -0.460. The maximum Gasteiger partial charge on any atom is 0.341 e. The summed E-state index contributed by atoms with van der Waals surface area (Å²) in [5.74, 6) is -0.757. The van der Waals surface area contributed by atoms with Crippen molar-refractivity contribution in [3.05, 3.63) is 24.3 Å². The van der Waals surface area contributed by atoms with Crippen LogP contribution in [0, 0.1) is 0 Å². The first kappa shape index (κ1) is 15.1. The van der Waals surface area contributed by atoms with Gasteiger partial charge in [0, 0.05) is 13.2 Å². The van der Waals surface area contributed by atoms with Crippen molar-refractivity contribution in [1.82, 2.24) is 5.32 Å².